The van der Waals surface area contributed by atoms with Gasteiger partial charge >= 0.3 is 0 Å². The molecule has 0 unspecified atom stereocenters. The van der Waals surface area contributed by atoms with Crippen LogP contribution in [0, 0.1) is 35.0 Å². The van der Waals surface area contributed by atoms with Crippen LogP contribution in [0.15, 0.2) is 0 Å². The molecule has 2 rings (SSSR count). The van der Waals surface area contributed by atoms with E-state index in [0.717, 1.165) is 12.8 Å². The molecule has 20 heavy (non-hydrogen) atoms. The summed E-state index contributed by atoms with van der Waals surface area (Å²) in [5.41, 5.74) is -1.33. The van der Waals surface area contributed by atoms with Gasteiger partial charge in [0, 0.05) is 0 Å². The van der Waals surface area contributed by atoms with Crippen molar-refractivity contribution in [2.45, 2.75) is 12.8 Å². The van der Waals surface area contributed by atoms with Crippen molar-refractivity contribution in [3.8, 4) is 0 Å². The molecule has 1 aromatic rings. The quantitative estimate of drug-likeness (QED) is 0.497. The van der Waals surface area contributed by atoms with Crippen molar-refractivity contribution in [1.82, 2.24) is 5.32 Å². The summed E-state index contributed by atoms with van der Waals surface area (Å²) in [7, 11) is 0. The van der Waals surface area contributed by atoms with E-state index in [1.54, 1.807) is 5.32 Å². The fourth-order valence-electron chi connectivity index (χ4n) is 1.61. The first kappa shape index (κ1) is 14.7. The van der Waals surface area contributed by atoms with Gasteiger partial charge in [0.1, 0.15) is 5.69 Å². The van der Waals surface area contributed by atoms with Crippen molar-refractivity contribution in [3.05, 3.63) is 29.1 Å². The summed E-state index contributed by atoms with van der Waals surface area (Å²) < 4.78 is 65.1. The smallest absolute Gasteiger partial charge is 0.238 e. The Morgan fingerprint density at radius 2 is 1.45 bits per heavy atom. The number of hydrogen-bond donors (Lipinski definition) is 2. The molecular weight excluding hydrogens is 283 g/mol. The van der Waals surface area contributed by atoms with Gasteiger partial charge in [-0.15, -0.1) is 0 Å². The SMILES string of the molecule is O=C(CNCC1CC1)Nc1c(F)c(F)c(F)c(F)c1F. The van der Waals surface area contributed by atoms with E-state index in [-0.39, 0.29) is 6.54 Å². The van der Waals surface area contributed by atoms with Gasteiger partial charge in [0.2, 0.25) is 11.7 Å². The number of carbonyl (C=O) groups excluding carboxylic acids is 1. The third-order valence-corrected chi connectivity index (χ3v) is 2.89. The van der Waals surface area contributed by atoms with Gasteiger partial charge < -0.3 is 10.6 Å². The fraction of sp³-hybridized carbons (Fsp3) is 0.417. The second-order valence-corrected chi connectivity index (χ2v) is 4.57. The van der Waals surface area contributed by atoms with Crippen LogP contribution in [0.3, 0.4) is 0 Å². The monoisotopic (exact) mass is 294 g/mol. The van der Waals surface area contributed by atoms with Gasteiger partial charge in [0.15, 0.2) is 23.3 Å². The van der Waals surface area contributed by atoms with Crippen molar-refractivity contribution in [2.24, 2.45) is 5.92 Å². The molecule has 2 N–H and O–H groups in total. The van der Waals surface area contributed by atoms with Crippen LogP contribution in [0.4, 0.5) is 27.6 Å². The van der Waals surface area contributed by atoms with Crippen LogP contribution in [-0.2, 0) is 4.79 Å². The lowest BCUT2D eigenvalue weighted by molar-refractivity contribution is -0.115. The maximum atomic E-state index is 13.3. The predicted octanol–water partition coefficient (Wildman–Crippen LogP) is 2.32. The van der Waals surface area contributed by atoms with Crippen LogP contribution in [0.25, 0.3) is 0 Å². The number of rotatable bonds is 5. The Hall–Kier alpha value is -1.70. The summed E-state index contributed by atoms with van der Waals surface area (Å²) in [5.74, 6) is -11.0. The Balaban J connectivity index is 2.05. The van der Waals surface area contributed by atoms with E-state index in [1.807, 2.05) is 0 Å². The second-order valence-electron chi connectivity index (χ2n) is 4.57. The molecule has 0 aliphatic heterocycles. The van der Waals surface area contributed by atoms with E-state index in [4.69, 9.17) is 0 Å². The van der Waals surface area contributed by atoms with Gasteiger partial charge in [0.05, 0.1) is 6.54 Å². The van der Waals surface area contributed by atoms with Gasteiger partial charge in [-0.1, -0.05) is 0 Å². The minimum atomic E-state index is -2.26. The number of amides is 1. The van der Waals surface area contributed by atoms with Crippen molar-refractivity contribution >= 4 is 11.6 Å². The van der Waals surface area contributed by atoms with Crippen LogP contribution >= 0.6 is 0 Å². The molecule has 110 valence electrons. The van der Waals surface area contributed by atoms with Gasteiger partial charge in [-0.2, -0.15) is 0 Å². The van der Waals surface area contributed by atoms with Crippen molar-refractivity contribution in [3.63, 3.8) is 0 Å². The number of hydrogen-bond acceptors (Lipinski definition) is 2. The van der Waals surface area contributed by atoms with Crippen molar-refractivity contribution < 1.29 is 26.7 Å². The average molecular weight is 294 g/mol. The summed E-state index contributed by atoms with van der Waals surface area (Å²) in [6, 6.07) is 0. The molecule has 0 aromatic heterocycles. The standard InChI is InChI=1S/C12H11F5N2O/c13-7-8(14)10(16)12(11(17)9(7)15)19-6(20)4-18-3-5-1-2-5/h5,18H,1-4H2,(H,19,20). The molecule has 1 aliphatic rings. The lowest BCUT2D eigenvalue weighted by atomic mass is 10.2. The molecule has 0 radical (unpaired) electrons. The van der Waals surface area contributed by atoms with E-state index in [9.17, 15) is 26.7 Å². The number of anilines is 1. The lowest BCUT2D eigenvalue weighted by Gasteiger charge is -2.10. The summed E-state index contributed by atoms with van der Waals surface area (Å²) in [6.45, 7) is 0.306. The zero-order valence-corrected chi connectivity index (χ0v) is 10.2. The molecule has 1 aliphatic carbocycles. The number of benzene rings is 1. The average Bonchev–Trinajstić information content (AvgIpc) is 3.23. The van der Waals surface area contributed by atoms with E-state index in [1.165, 1.54) is 0 Å². The molecule has 0 heterocycles. The molecule has 1 saturated carbocycles. The van der Waals surface area contributed by atoms with Gasteiger partial charge in [-0.25, -0.2) is 22.0 Å². The van der Waals surface area contributed by atoms with Crippen molar-refractivity contribution in [1.29, 1.82) is 0 Å². The Morgan fingerprint density at radius 1 is 0.950 bits per heavy atom. The number of nitrogens with one attached hydrogen (secondary N) is 2. The Bertz CT molecular complexity index is 516. The van der Waals surface area contributed by atoms with E-state index in [0.29, 0.717) is 12.5 Å². The molecule has 0 spiro atoms. The Kier molecular flexibility index (Phi) is 4.22. The molecule has 8 heteroatoms. The first-order valence-electron chi connectivity index (χ1n) is 5.93. The maximum Gasteiger partial charge on any atom is 0.238 e. The molecule has 1 aromatic carbocycles. The van der Waals surface area contributed by atoms with Crippen molar-refractivity contribution in [2.75, 3.05) is 18.4 Å². The first-order valence-corrected chi connectivity index (χ1v) is 5.93. The maximum absolute atomic E-state index is 13.3. The molecule has 1 fully saturated rings. The fourth-order valence-corrected chi connectivity index (χ4v) is 1.61. The minimum Gasteiger partial charge on any atom is -0.320 e. The number of carbonyl (C=O) groups is 1. The minimum absolute atomic E-state index is 0.268. The molecule has 3 nitrogen and oxygen atoms in total. The normalized spacial score (nSPS) is 14.4. The third kappa shape index (κ3) is 3.06. The third-order valence-electron chi connectivity index (χ3n) is 2.89. The summed E-state index contributed by atoms with van der Waals surface area (Å²) >= 11 is 0. The van der Waals surface area contributed by atoms with Gasteiger partial charge in [-0.3, -0.25) is 4.79 Å². The van der Waals surface area contributed by atoms with E-state index < -0.39 is 40.7 Å². The first-order chi connectivity index (χ1) is 9.41. The van der Waals surface area contributed by atoms with Crippen LogP contribution in [0.2, 0.25) is 0 Å². The van der Waals surface area contributed by atoms with Gasteiger partial charge in [0.25, 0.3) is 0 Å². The summed E-state index contributed by atoms with van der Waals surface area (Å²) in [4.78, 5) is 11.4. The summed E-state index contributed by atoms with van der Waals surface area (Å²) in [5, 5.41) is 4.41. The molecular formula is C12H11F5N2O. The zero-order chi connectivity index (χ0) is 14.9. The highest BCUT2D eigenvalue weighted by Gasteiger charge is 2.27. The molecule has 0 bridgehead atoms. The van der Waals surface area contributed by atoms with Crippen LogP contribution < -0.4 is 10.6 Å². The zero-order valence-electron chi connectivity index (χ0n) is 10.2. The number of halogens is 5. The second kappa shape index (κ2) is 5.74. The van der Waals surface area contributed by atoms with E-state index >= 15 is 0 Å². The highest BCUT2D eigenvalue weighted by molar-refractivity contribution is 5.92. The van der Waals surface area contributed by atoms with Crippen LogP contribution in [0.1, 0.15) is 12.8 Å². The molecule has 0 saturated heterocycles. The Morgan fingerprint density at radius 3 is 1.95 bits per heavy atom. The highest BCUT2D eigenvalue weighted by atomic mass is 19.2. The molecule has 1 amide bonds. The largest absolute Gasteiger partial charge is 0.320 e. The van der Waals surface area contributed by atoms with E-state index in [2.05, 4.69) is 5.32 Å². The lowest BCUT2D eigenvalue weighted by Crippen LogP contribution is -2.30. The Labute approximate surface area is 111 Å². The topological polar surface area (TPSA) is 41.1 Å². The highest BCUT2D eigenvalue weighted by Crippen LogP contribution is 2.28. The molecule has 0 atom stereocenters. The van der Waals surface area contributed by atoms with Gasteiger partial charge in [-0.05, 0) is 25.3 Å². The predicted molar refractivity (Wildman–Crippen MR) is 60.5 cm³/mol. The van der Waals surface area contributed by atoms with Crippen LogP contribution in [0.5, 0.6) is 0 Å². The van der Waals surface area contributed by atoms with Crippen LogP contribution in [-0.4, -0.2) is 19.0 Å². The summed E-state index contributed by atoms with van der Waals surface area (Å²) in [6.07, 6.45) is 2.10.